The van der Waals surface area contributed by atoms with Crippen LogP contribution in [0.3, 0.4) is 0 Å². The number of hydrogen-bond acceptors (Lipinski definition) is 2. The molecule has 0 heterocycles. The van der Waals surface area contributed by atoms with Crippen molar-refractivity contribution in [2.24, 2.45) is 0 Å². The van der Waals surface area contributed by atoms with Crippen molar-refractivity contribution in [2.45, 2.75) is 71.6 Å². The van der Waals surface area contributed by atoms with Crippen LogP contribution in [0.15, 0.2) is 12.1 Å². The molecule has 0 fully saturated rings. The molecule has 3 N–H and O–H groups in total. The fraction of sp³-hybridized carbons (Fsp3) is 0.647. The third-order valence-corrected chi connectivity index (χ3v) is 4.35. The van der Waals surface area contributed by atoms with E-state index in [0.717, 1.165) is 36.1 Å². The van der Waals surface area contributed by atoms with Crippen LogP contribution in [0.4, 0.5) is 5.69 Å². The van der Waals surface area contributed by atoms with E-state index < -0.39 is 0 Å². The molecule has 19 heavy (non-hydrogen) atoms. The zero-order valence-electron chi connectivity index (χ0n) is 13.3. The van der Waals surface area contributed by atoms with E-state index in [1.54, 1.807) is 0 Å². The van der Waals surface area contributed by atoms with Crippen LogP contribution in [-0.2, 0) is 10.8 Å². The summed E-state index contributed by atoms with van der Waals surface area (Å²) in [5.74, 6) is 0.430. The maximum Gasteiger partial charge on any atom is 0.123 e. The van der Waals surface area contributed by atoms with Crippen LogP contribution in [-0.4, -0.2) is 5.11 Å². The highest BCUT2D eigenvalue weighted by atomic mass is 16.3. The van der Waals surface area contributed by atoms with Crippen molar-refractivity contribution < 1.29 is 5.11 Å². The summed E-state index contributed by atoms with van der Waals surface area (Å²) in [6.07, 6.45) is 3.10. The van der Waals surface area contributed by atoms with Crippen LogP contribution in [0, 0.1) is 0 Å². The summed E-state index contributed by atoms with van der Waals surface area (Å²) in [5.41, 5.74) is 8.64. The number of nitrogens with two attached hydrogens (primary N) is 1. The van der Waals surface area contributed by atoms with Crippen LogP contribution in [0.5, 0.6) is 5.75 Å². The minimum atomic E-state index is -0.0590. The molecular weight excluding hydrogens is 234 g/mol. The summed E-state index contributed by atoms with van der Waals surface area (Å²) in [7, 11) is 0. The zero-order chi connectivity index (χ0) is 14.8. The van der Waals surface area contributed by atoms with Gasteiger partial charge < -0.3 is 10.8 Å². The van der Waals surface area contributed by atoms with Crippen LogP contribution < -0.4 is 5.73 Å². The molecule has 0 aliphatic rings. The normalized spacial score (nSPS) is 12.7. The van der Waals surface area contributed by atoms with Gasteiger partial charge in [0.2, 0.25) is 0 Å². The van der Waals surface area contributed by atoms with Crippen LogP contribution in [0.2, 0.25) is 0 Å². The molecule has 0 amide bonds. The molecule has 2 heteroatoms. The first-order valence-electron chi connectivity index (χ1n) is 7.29. The zero-order valence-corrected chi connectivity index (χ0v) is 13.3. The van der Waals surface area contributed by atoms with E-state index in [1.165, 1.54) is 0 Å². The molecule has 0 saturated heterocycles. The number of anilines is 1. The van der Waals surface area contributed by atoms with Crippen LogP contribution in [0.1, 0.15) is 71.9 Å². The Hall–Kier alpha value is -1.18. The number of nitrogen functional groups attached to an aromatic ring is 1. The molecule has 1 aromatic rings. The van der Waals surface area contributed by atoms with E-state index in [2.05, 4.69) is 41.5 Å². The summed E-state index contributed by atoms with van der Waals surface area (Å²) < 4.78 is 0. The van der Waals surface area contributed by atoms with E-state index in [-0.39, 0.29) is 10.8 Å². The van der Waals surface area contributed by atoms with Gasteiger partial charge in [0.1, 0.15) is 5.75 Å². The molecule has 0 unspecified atom stereocenters. The molecule has 2 nitrogen and oxygen atoms in total. The number of hydrogen-bond donors (Lipinski definition) is 2. The SMILES string of the molecule is CCCC(C)(C)c1cc(N)cc(C(C)(C)CC)c1O. The van der Waals surface area contributed by atoms with E-state index in [1.807, 2.05) is 12.1 Å². The van der Waals surface area contributed by atoms with Crippen molar-refractivity contribution in [3.8, 4) is 5.75 Å². The number of aromatic hydroxyl groups is 1. The molecule has 0 saturated carbocycles. The molecule has 108 valence electrons. The first-order valence-corrected chi connectivity index (χ1v) is 7.29. The summed E-state index contributed by atoms with van der Waals surface area (Å²) in [6, 6.07) is 3.85. The van der Waals surface area contributed by atoms with Gasteiger partial charge in [-0.25, -0.2) is 0 Å². The van der Waals surface area contributed by atoms with Crippen molar-refractivity contribution in [1.82, 2.24) is 0 Å². The Morgan fingerprint density at radius 2 is 1.47 bits per heavy atom. The lowest BCUT2D eigenvalue weighted by atomic mass is 9.75. The molecule has 1 aromatic carbocycles. The van der Waals surface area contributed by atoms with Crippen molar-refractivity contribution in [2.75, 3.05) is 5.73 Å². The van der Waals surface area contributed by atoms with Crippen LogP contribution in [0.25, 0.3) is 0 Å². The lowest BCUT2D eigenvalue weighted by Gasteiger charge is -2.31. The molecule has 1 rings (SSSR count). The van der Waals surface area contributed by atoms with Crippen molar-refractivity contribution >= 4 is 5.69 Å². The van der Waals surface area contributed by atoms with Gasteiger partial charge >= 0.3 is 0 Å². The monoisotopic (exact) mass is 263 g/mol. The van der Waals surface area contributed by atoms with Gasteiger partial charge in [0.25, 0.3) is 0 Å². The number of rotatable bonds is 5. The Morgan fingerprint density at radius 3 is 1.89 bits per heavy atom. The second kappa shape index (κ2) is 5.44. The van der Waals surface area contributed by atoms with Gasteiger partial charge in [-0.1, -0.05) is 48.0 Å². The average Bonchev–Trinajstić information content (AvgIpc) is 2.31. The molecule has 0 aromatic heterocycles. The van der Waals surface area contributed by atoms with Gasteiger partial charge in [-0.15, -0.1) is 0 Å². The van der Waals surface area contributed by atoms with Crippen LogP contribution >= 0.6 is 0 Å². The Labute approximate surface area is 118 Å². The highest BCUT2D eigenvalue weighted by Crippen LogP contribution is 2.43. The van der Waals surface area contributed by atoms with Gasteiger partial charge in [0.15, 0.2) is 0 Å². The van der Waals surface area contributed by atoms with Gasteiger partial charge in [0.05, 0.1) is 0 Å². The second-order valence-electron chi connectivity index (χ2n) is 6.84. The molecule has 0 spiro atoms. The second-order valence-corrected chi connectivity index (χ2v) is 6.84. The fourth-order valence-electron chi connectivity index (χ4n) is 2.64. The summed E-state index contributed by atoms with van der Waals surface area (Å²) in [5, 5.41) is 10.7. The molecule has 0 atom stereocenters. The first-order chi connectivity index (χ1) is 8.65. The standard InChI is InChI=1S/C17H29NO/c1-7-9-17(5,6)14-11-12(18)10-13(15(14)19)16(3,4)8-2/h10-11,19H,7-9,18H2,1-6H3. The lowest BCUT2D eigenvalue weighted by molar-refractivity contribution is 0.394. The fourth-order valence-corrected chi connectivity index (χ4v) is 2.64. The number of benzene rings is 1. The largest absolute Gasteiger partial charge is 0.507 e. The van der Waals surface area contributed by atoms with Crippen molar-refractivity contribution in [3.05, 3.63) is 23.3 Å². The minimum absolute atomic E-state index is 0.0488. The summed E-state index contributed by atoms with van der Waals surface area (Å²) in [6.45, 7) is 13.0. The van der Waals surface area contributed by atoms with E-state index in [0.29, 0.717) is 5.75 Å². The molecule has 0 aliphatic heterocycles. The smallest absolute Gasteiger partial charge is 0.123 e. The third kappa shape index (κ3) is 3.23. The molecule has 0 aliphatic carbocycles. The third-order valence-electron chi connectivity index (χ3n) is 4.35. The Bertz CT molecular complexity index is 447. The Kier molecular flexibility index (Phi) is 4.54. The number of phenolic OH excluding ortho intramolecular Hbond substituents is 1. The highest BCUT2D eigenvalue weighted by Gasteiger charge is 2.29. The summed E-state index contributed by atoms with van der Waals surface area (Å²) in [4.78, 5) is 0. The predicted octanol–water partition coefficient (Wildman–Crippen LogP) is 4.74. The van der Waals surface area contributed by atoms with Gasteiger partial charge in [-0.05, 0) is 35.8 Å². The molecular formula is C17H29NO. The Morgan fingerprint density at radius 1 is 1.00 bits per heavy atom. The summed E-state index contributed by atoms with van der Waals surface area (Å²) >= 11 is 0. The quantitative estimate of drug-likeness (QED) is 0.595. The van der Waals surface area contributed by atoms with Crippen molar-refractivity contribution in [1.29, 1.82) is 0 Å². The maximum absolute atomic E-state index is 10.7. The van der Waals surface area contributed by atoms with E-state index in [4.69, 9.17) is 5.73 Å². The average molecular weight is 263 g/mol. The Balaban J connectivity index is 3.44. The van der Waals surface area contributed by atoms with Gasteiger partial charge in [-0.2, -0.15) is 0 Å². The van der Waals surface area contributed by atoms with E-state index >= 15 is 0 Å². The predicted molar refractivity (Wildman–Crippen MR) is 83.8 cm³/mol. The van der Waals surface area contributed by atoms with E-state index in [9.17, 15) is 5.11 Å². The van der Waals surface area contributed by atoms with Gasteiger partial charge in [0, 0.05) is 16.8 Å². The lowest BCUT2D eigenvalue weighted by Crippen LogP contribution is -2.21. The molecule has 0 bridgehead atoms. The maximum atomic E-state index is 10.7. The number of phenols is 1. The topological polar surface area (TPSA) is 46.2 Å². The first kappa shape index (κ1) is 15.9. The highest BCUT2D eigenvalue weighted by molar-refractivity contribution is 5.57. The molecule has 0 radical (unpaired) electrons. The minimum Gasteiger partial charge on any atom is -0.507 e. The van der Waals surface area contributed by atoms with Gasteiger partial charge in [-0.3, -0.25) is 0 Å². The van der Waals surface area contributed by atoms with Crippen molar-refractivity contribution in [3.63, 3.8) is 0 Å².